The standard InChI is InChI=1S/C19H23BrO/c1-14-8-10-16(11-9-14)18(15(2)20)12-13-19(21)17-6-4-3-5-7-17/h8-13,17H,3-7H2,1-2H3/b13-12+,18-15+. The molecule has 0 unspecified atom stereocenters. The van der Waals surface area contributed by atoms with E-state index in [1.165, 1.54) is 24.8 Å². The number of carbonyl (C=O) groups is 1. The molecule has 1 aliphatic rings. The first-order valence-corrected chi connectivity index (χ1v) is 8.52. The third-order valence-corrected chi connectivity index (χ3v) is 4.58. The molecule has 1 aromatic rings. The molecule has 1 aromatic carbocycles. The van der Waals surface area contributed by atoms with Gasteiger partial charge in [-0.15, -0.1) is 0 Å². The van der Waals surface area contributed by atoms with Gasteiger partial charge < -0.3 is 0 Å². The summed E-state index contributed by atoms with van der Waals surface area (Å²) in [4.78, 5) is 12.3. The monoisotopic (exact) mass is 346 g/mol. The Hall–Kier alpha value is -1.15. The fourth-order valence-corrected chi connectivity index (χ4v) is 3.19. The van der Waals surface area contributed by atoms with E-state index < -0.39 is 0 Å². The van der Waals surface area contributed by atoms with Crippen molar-refractivity contribution in [3.63, 3.8) is 0 Å². The Kier molecular flexibility index (Phi) is 5.98. The number of halogens is 1. The second kappa shape index (κ2) is 7.74. The molecule has 0 bridgehead atoms. The fraction of sp³-hybridized carbons (Fsp3) is 0.421. The highest BCUT2D eigenvalue weighted by Crippen LogP contribution is 2.27. The Bertz CT molecular complexity index is 541. The van der Waals surface area contributed by atoms with Crippen molar-refractivity contribution >= 4 is 27.3 Å². The van der Waals surface area contributed by atoms with Crippen LogP contribution in [0.3, 0.4) is 0 Å². The van der Waals surface area contributed by atoms with Crippen LogP contribution in [0, 0.1) is 12.8 Å². The van der Waals surface area contributed by atoms with E-state index in [1.54, 1.807) is 6.08 Å². The Morgan fingerprint density at radius 2 is 1.71 bits per heavy atom. The van der Waals surface area contributed by atoms with E-state index in [4.69, 9.17) is 0 Å². The molecule has 112 valence electrons. The van der Waals surface area contributed by atoms with Crippen molar-refractivity contribution < 1.29 is 4.79 Å². The van der Waals surface area contributed by atoms with Gasteiger partial charge in [-0.05, 0) is 48.4 Å². The van der Waals surface area contributed by atoms with Gasteiger partial charge in [-0.1, -0.05) is 71.1 Å². The minimum Gasteiger partial charge on any atom is -0.295 e. The number of hydrogen-bond acceptors (Lipinski definition) is 1. The average molecular weight is 347 g/mol. The summed E-state index contributed by atoms with van der Waals surface area (Å²) in [6.45, 7) is 4.10. The van der Waals surface area contributed by atoms with Crippen molar-refractivity contribution in [3.05, 3.63) is 52.0 Å². The summed E-state index contributed by atoms with van der Waals surface area (Å²) in [6.07, 6.45) is 9.52. The SMILES string of the molecule is C/C(Br)=C(/C=C/C(=O)C1CCCCC1)c1ccc(C)cc1. The molecule has 1 aliphatic carbocycles. The molecule has 1 nitrogen and oxygen atoms in total. The summed E-state index contributed by atoms with van der Waals surface area (Å²) in [5.41, 5.74) is 3.47. The number of carbonyl (C=O) groups excluding carboxylic acids is 1. The van der Waals surface area contributed by atoms with Gasteiger partial charge in [0.25, 0.3) is 0 Å². The maximum Gasteiger partial charge on any atom is 0.158 e. The fourth-order valence-electron chi connectivity index (χ4n) is 2.83. The molecule has 21 heavy (non-hydrogen) atoms. The van der Waals surface area contributed by atoms with E-state index in [1.807, 2.05) is 13.0 Å². The molecule has 0 spiro atoms. The molecular weight excluding hydrogens is 324 g/mol. The first-order chi connectivity index (χ1) is 10.1. The van der Waals surface area contributed by atoms with E-state index >= 15 is 0 Å². The van der Waals surface area contributed by atoms with Crippen LogP contribution in [0.25, 0.3) is 5.57 Å². The van der Waals surface area contributed by atoms with Gasteiger partial charge in [0.2, 0.25) is 0 Å². The molecule has 0 radical (unpaired) electrons. The second-order valence-electron chi connectivity index (χ2n) is 5.88. The molecule has 2 rings (SSSR count). The quantitative estimate of drug-likeness (QED) is 0.495. The lowest BCUT2D eigenvalue weighted by Crippen LogP contribution is -2.15. The Balaban J connectivity index is 2.13. The van der Waals surface area contributed by atoms with Gasteiger partial charge in [0, 0.05) is 5.92 Å². The number of ketones is 1. The van der Waals surface area contributed by atoms with Crippen LogP contribution in [-0.2, 0) is 4.79 Å². The molecular formula is C19H23BrO. The average Bonchev–Trinajstić information content (AvgIpc) is 2.49. The van der Waals surface area contributed by atoms with E-state index in [2.05, 4.69) is 47.1 Å². The van der Waals surface area contributed by atoms with Crippen LogP contribution in [0.4, 0.5) is 0 Å². The van der Waals surface area contributed by atoms with Gasteiger partial charge in [-0.3, -0.25) is 4.79 Å². The second-order valence-corrected chi connectivity index (χ2v) is 7.07. The summed E-state index contributed by atoms with van der Waals surface area (Å²) in [5.74, 6) is 0.526. The van der Waals surface area contributed by atoms with Crippen LogP contribution in [-0.4, -0.2) is 5.78 Å². The lowest BCUT2D eigenvalue weighted by molar-refractivity contribution is -0.119. The highest BCUT2D eigenvalue weighted by molar-refractivity contribution is 9.11. The summed E-state index contributed by atoms with van der Waals surface area (Å²) in [6, 6.07) is 8.40. The van der Waals surface area contributed by atoms with Gasteiger partial charge in [-0.25, -0.2) is 0 Å². The predicted octanol–water partition coefficient (Wildman–Crippen LogP) is 5.83. The molecule has 0 aromatic heterocycles. The maximum absolute atomic E-state index is 12.3. The van der Waals surface area contributed by atoms with Crippen molar-refractivity contribution in [2.24, 2.45) is 5.92 Å². The van der Waals surface area contributed by atoms with Crippen LogP contribution in [0.2, 0.25) is 0 Å². The van der Waals surface area contributed by atoms with Crippen LogP contribution in [0.15, 0.2) is 40.9 Å². The van der Waals surface area contributed by atoms with E-state index in [9.17, 15) is 4.79 Å². The largest absolute Gasteiger partial charge is 0.295 e. The van der Waals surface area contributed by atoms with Gasteiger partial charge in [0.15, 0.2) is 5.78 Å². The first kappa shape index (κ1) is 16.2. The molecule has 0 heterocycles. The first-order valence-electron chi connectivity index (χ1n) is 7.73. The minimum absolute atomic E-state index is 0.241. The van der Waals surface area contributed by atoms with Crippen LogP contribution in [0.5, 0.6) is 0 Å². The van der Waals surface area contributed by atoms with E-state index in [0.29, 0.717) is 0 Å². The topological polar surface area (TPSA) is 17.1 Å². The maximum atomic E-state index is 12.3. The molecule has 0 saturated heterocycles. The van der Waals surface area contributed by atoms with Crippen molar-refractivity contribution in [2.75, 3.05) is 0 Å². The van der Waals surface area contributed by atoms with E-state index in [0.717, 1.165) is 28.5 Å². The number of aryl methyl sites for hydroxylation is 1. The third-order valence-electron chi connectivity index (χ3n) is 4.16. The molecule has 1 saturated carbocycles. The highest BCUT2D eigenvalue weighted by atomic mass is 79.9. The molecule has 0 aliphatic heterocycles. The van der Waals surface area contributed by atoms with Gasteiger partial charge in [0.05, 0.1) is 0 Å². The molecule has 0 N–H and O–H groups in total. The van der Waals surface area contributed by atoms with Crippen molar-refractivity contribution in [1.82, 2.24) is 0 Å². The van der Waals surface area contributed by atoms with Gasteiger partial charge in [0.1, 0.15) is 0 Å². The third kappa shape index (κ3) is 4.67. The van der Waals surface area contributed by atoms with Crippen LogP contribution in [0.1, 0.15) is 50.2 Å². The Morgan fingerprint density at radius 3 is 2.29 bits per heavy atom. The Labute approximate surface area is 136 Å². The molecule has 2 heteroatoms. The Morgan fingerprint density at radius 1 is 1.10 bits per heavy atom. The minimum atomic E-state index is 0.241. The smallest absolute Gasteiger partial charge is 0.158 e. The zero-order valence-electron chi connectivity index (χ0n) is 12.9. The van der Waals surface area contributed by atoms with Crippen molar-refractivity contribution in [1.29, 1.82) is 0 Å². The zero-order valence-corrected chi connectivity index (χ0v) is 14.4. The van der Waals surface area contributed by atoms with Crippen molar-refractivity contribution in [3.8, 4) is 0 Å². The summed E-state index contributed by atoms with van der Waals surface area (Å²) in [7, 11) is 0. The summed E-state index contributed by atoms with van der Waals surface area (Å²) < 4.78 is 1.05. The number of hydrogen-bond donors (Lipinski definition) is 0. The number of allylic oxidation sites excluding steroid dienone is 4. The van der Waals surface area contributed by atoms with Gasteiger partial charge >= 0.3 is 0 Å². The summed E-state index contributed by atoms with van der Waals surface area (Å²) >= 11 is 3.56. The van der Waals surface area contributed by atoms with Crippen molar-refractivity contribution in [2.45, 2.75) is 46.0 Å². The zero-order chi connectivity index (χ0) is 15.2. The molecule has 0 amide bonds. The van der Waals surface area contributed by atoms with Gasteiger partial charge in [-0.2, -0.15) is 0 Å². The molecule has 1 fully saturated rings. The lowest BCUT2D eigenvalue weighted by Gasteiger charge is -2.18. The normalized spacial score (nSPS) is 17.9. The van der Waals surface area contributed by atoms with Crippen LogP contribution < -0.4 is 0 Å². The molecule has 0 atom stereocenters. The number of benzene rings is 1. The van der Waals surface area contributed by atoms with Crippen LogP contribution >= 0.6 is 15.9 Å². The summed E-state index contributed by atoms with van der Waals surface area (Å²) in [5, 5.41) is 0. The number of rotatable bonds is 4. The highest BCUT2D eigenvalue weighted by Gasteiger charge is 2.18. The van der Waals surface area contributed by atoms with E-state index in [-0.39, 0.29) is 11.7 Å². The predicted molar refractivity (Wildman–Crippen MR) is 93.4 cm³/mol. The lowest BCUT2D eigenvalue weighted by atomic mass is 9.86.